The molecule has 0 bridgehead atoms. The molecule has 1 saturated heterocycles. The molecule has 1 aromatic rings. The molecule has 1 heterocycles. The van der Waals surface area contributed by atoms with E-state index in [1.807, 2.05) is 0 Å². The number of halogens is 1. The van der Waals surface area contributed by atoms with Crippen molar-refractivity contribution in [1.29, 1.82) is 0 Å². The Bertz CT molecular complexity index is 615. The third kappa shape index (κ3) is 6.26. The van der Waals surface area contributed by atoms with Crippen molar-refractivity contribution in [2.24, 2.45) is 5.73 Å². The van der Waals surface area contributed by atoms with Gasteiger partial charge in [0.15, 0.2) is 6.61 Å². The van der Waals surface area contributed by atoms with Gasteiger partial charge in [0, 0.05) is 18.1 Å². The number of nitrogens with one attached hydrogen (secondary N) is 1. The monoisotopic (exact) mass is 367 g/mol. The van der Waals surface area contributed by atoms with Gasteiger partial charge >= 0.3 is 12.0 Å². The number of rotatable bonds is 6. The SMILES string of the molecule is NC(=O)N[C@H](CC(=O)OCC(=O)N1CCCCC1)c1ccc(Cl)cc1. The molecule has 8 heteroatoms. The van der Waals surface area contributed by atoms with Gasteiger partial charge in [0.05, 0.1) is 12.5 Å². The summed E-state index contributed by atoms with van der Waals surface area (Å²) in [4.78, 5) is 36.9. The molecule has 0 aliphatic carbocycles. The molecule has 0 spiro atoms. The van der Waals surface area contributed by atoms with E-state index in [9.17, 15) is 14.4 Å². The summed E-state index contributed by atoms with van der Waals surface area (Å²) in [6.07, 6.45) is 2.94. The van der Waals surface area contributed by atoms with Crippen LogP contribution in [0.25, 0.3) is 0 Å². The average Bonchev–Trinajstić information content (AvgIpc) is 2.60. The van der Waals surface area contributed by atoms with Crippen molar-refractivity contribution >= 4 is 29.5 Å². The second-order valence-electron chi connectivity index (χ2n) is 5.92. The Morgan fingerprint density at radius 2 is 1.80 bits per heavy atom. The van der Waals surface area contributed by atoms with Crippen molar-refractivity contribution in [1.82, 2.24) is 10.2 Å². The Morgan fingerprint density at radius 1 is 1.16 bits per heavy atom. The fraction of sp³-hybridized carbons (Fsp3) is 0.471. The zero-order valence-electron chi connectivity index (χ0n) is 13.9. The minimum Gasteiger partial charge on any atom is -0.455 e. The number of likely N-dealkylation sites (tertiary alicyclic amines) is 1. The smallest absolute Gasteiger partial charge is 0.312 e. The lowest BCUT2D eigenvalue weighted by atomic mass is 10.0. The van der Waals surface area contributed by atoms with Crippen LogP contribution in [-0.4, -0.2) is 42.5 Å². The molecule has 3 amide bonds. The highest BCUT2D eigenvalue weighted by molar-refractivity contribution is 6.30. The quantitative estimate of drug-likeness (QED) is 0.750. The maximum absolute atomic E-state index is 12.1. The van der Waals surface area contributed by atoms with Gasteiger partial charge in [-0.25, -0.2) is 4.79 Å². The van der Waals surface area contributed by atoms with E-state index in [1.54, 1.807) is 29.2 Å². The van der Waals surface area contributed by atoms with Gasteiger partial charge < -0.3 is 20.7 Å². The molecule has 0 radical (unpaired) electrons. The van der Waals surface area contributed by atoms with Gasteiger partial charge in [-0.05, 0) is 37.0 Å². The van der Waals surface area contributed by atoms with E-state index in [2.05, 4.69) is 5.32 Å². The molecular formula is C17H22ClN3O4. The van der Waals surface area contributed by atoms with Crippen LogP contribution >= 0.6 is 11.6 Å². The Labute approximate surface area is 151 Å². The van der Waals surface area contributed by atoms with E-state index in [4.69, 9.17) is 22.1 Å². The number of primary amides is 1. The maximum Gasteiger partial charge on any atom is 0.312 e. The van der Waals surface area contributed by atoms with Crippen molar-refractivity contribution in [2.45, 2.75) is 31.7 Å². The van der Waals surface area contributed by atoms with Crippen LogP contribution in [-0.2, 0) is 14.3 Å². The summed E-state index contributed by atoms with van der Waals surface area (Å²) in [6, 6.07) is 5.28. The molecule has 136 valence electrons. The van der Waals surface area contributed by atoms with E-state index in [1.165, 1.54) is 0 Å². The van der Waals surface area contributed by atoms with Gasteiger partial charge in [-0.1, -0.05) is 23.7 Å². The molecule has 1 aliphatic heterocycles. The van der Waals surface area contributed by atoms with E-state index in [0.29, 0.717) is 23.7 Å². The summed E-state index contributed by atoms with van der Waals surface area (Å²) >= 11 is 5.84. The number of hydrogen-bond donors (Lipinski definition) is 2. The summed E-state index contributed by atoms with van der Waals surface area (Å²) in [5.74, 6) is -0.780. The lowest BCUT2D eigenvalue weighted by Gasteiger charge is -2.26. The fourth-order valence-electron chi connectivity index (χ4n) is 2.72. The number of carbonyl (C=O) groups is 3. The van der Waals surface area contributed by atoms with Gasteiger partial charge in [0.25, 0.3) is 5.91 Å². The average molecular weight is 368 g/mol. The second-order valence-corrected chi connectivity index (χ2v) is 6.36. The molecule has 7 nitrogen and oxygen atoms in total. The van der Waals surface area contributed by atoms with Crippen LogP contribution in [0.4, 0.5) is 4.79 Å². The molecule has 1 aliphatic rings. The number of urea groups is 1. The maximum atomic E-state index is 12.1. The van der Waals surface area contributed by atoms with Crippen LogP contribution in [0.15, 0.2) is 24.3 Å². The molecule has 1 fully saturated rings. The standard InChI is InChI=1S/C17H22ClN3O4/c18-13-6-4-12(5-7-13)14(20-17(19)24)10-16(23)25-11-15(22)21-8-2-1-3-9-21/h4-7,14H,1-3,8-11H2,(H3,19,20,24)/t14-/m1/s1. The summed E-state index contributed by atoms with van der Waals surface area (Å²) in [5.41, 5.74) is 5.84. The number of carbonyl (C=O) groups excluding carboxylic acids is 3. The first-order chi connectivity index (χ1) is 12.0. The summed E-state index contributed by atoms with van der Waals surface area (Å²) in [7, 11) is 0. The third-order valence-corrected chi connectivity index (χ3v) is 4.28. The highest BCUT2D eigenvalue weighted by Crippen LogP contribution is 2.20. The minimum absolute atomic E-state index is 0.127. The first-order valence-electron chi connectivity index (χ1n) is 8.20. The number of amides is 3. The lowest BCUT2D eigenvalue weighted by molar-refractivity contribution is -0.152. The fourth-order valence-corrected chi connectivity index (χ4v) is 2.85. The van der Waals surface area contributed by atoms with Crippen LogP contribution in [0.5, 0.6) is 0 Å². The van der Waals surface area contributed by atoms with Gasteiger partial charge in [-0.3, -0.25) is 9.59 Å². The normalized spacial score (nSPS) is 15.3. The number of ether oxygens (including phenoxy) is 1. The Balaban J connectivity index is 1.89. The summed E-state index contributed by atoms with van der Waals surface area (Å²) < 4.78 is 5.07. The number of nitrogens with two attached hydrogens (primary N) is 1. The molecule has 25 heavy (non-hydrogen) atoms. The minimum atomic E-state index is -0.753. The van der Waals surface area contributed by atoms with Gasteiger partial charge in [-0.2, -0.15) is 0 Å². The number of nitrogens with zero attached hydrogens (tertiary/aromatic N) is 1. The Kier molecular flexibility index (Phi) is 7.06. The molecule has 0 saturated carbocycles. The van der Waals surface area contributed by atoms with Crippen molar-refractivity contribution in [3.05, 3.63) is 34.9 Å². The molecule has 0 aromatic heterocycles. The van der Waals surface area contributed by atoms with Crippen molar-refractivity contribution in [2.75, 3.05) is 19.7 Å². The summed E-state index contributed by atoms with van der Waals surface area (Å²) in [6.45, 7) is 1.11. The van der Waals surface area contributed by atoms with E-state index < -0.39 is 18.0 Å². The van der Waals surface area contributed by atoms with E-state index in [-0.39, 0.29) is 18.9 Å². The molecule has 1 atom stereocenters. The number of hydrogen-bond acceptors (Lipinski definition) is 4. The van der Waals surface area contributed by atoms with Gasteiger partial charge in [-0.15, -0.1) is 0 Å². The van der Waals surface area contributed by atoms with E-state index in [0.717, 1.165) is 19.3 Å². The van der Waals surface area contributed by atoms with Crippen molar-refractivity contribution < 1.29 is 19.1 Å². The van der Waals surface area contributed by atoms with Crippen LogP contribution in [0.1, 0.15) is 37.3 Å². The largest absolute Gasteiger partial charge is 0.455 e. The van der Waals surface area contributed by atoms with Crippen molar-refractivity contribution in [3.63, 3.8) is 0 Å². The van der Waals surface area contributed by atoms with E-state index >= 15 is 0 Å². The number of esters is 1. The Morgan fingerprint density at radius 3 is 2.40 bits per heavy atom. The van der Waals surface area contributed by atoms with Gasteiger partial charge in [0.2, 0.25) is 0 Å². The molecule has 1 aromatic carbocycles. The predicted molar refractivity (Wildman–Crippen MR) is 92.9 cm³/mol. The molecule has 2 rings (SSSR count). The first-order valence-corrected chi connectivity index (χ1v) is 8.58. The van der Waals surface area contributed by atoms with Crippen molar-refractivity contribution in [3.8, 4) is 0 Å². The first kappa shape index (κ1) is 19.1. The molecular weight excluding hydrogens is 346 g/mol. The van der Waals surface area contributed by atoms with Crippen LogP contribution in [0, 0.1) is 0 Å². The zero-order valence-corrected chi connectivity index (χ0v) is 14.6. The van der Waals surface area contributed by atoms with Crippen LogP contribution < -0.4 is 11.1 Å². The highest BCUT2D eigenvalue weighted by atomic mass is 35.5. The van der Waals surface area contributed by atoms with Crippen LogP contribution in [0.3, 0.4) is 0 Å². The Hall–Kier alpha value is -2.28. The molecule has 3 N–H and O–H groups in total. The third-order valence-electron chi connectivity index (χ3n) is 4.03. The predicted octanol–water partition coefficient (Wildman–Crippen LogP) is 2.00. The second kappa shape index (κ2) is 9.27. The topological polar surface area (TPSA) is 102 Å². The van der Waals surface area contributed by atoms with Crippen LogP contribution in [0.2, 0.25) is 5.02 Å². The highest BCUT2D eigenvalue weighted by Gasteiger charge is 2.21. The van der Waals surface area contributed by atoms with Gasteiger partial charge in [0.1, 0.15) is 0 Å². The lowest BCUT2D eigenvalue weighted by Crippen LogP contribution is -2.39. The molecule has 0 unspecified atom stereocenters. The number of piperidine rings is 1. The number of benzene rings is 1. The zero-order chi connectivity index (χ0) is 18.2. The summed E-state index contributed by atoms with van der Waals surface area (Å²) in [5, 5.41) is 3.04.